The Morgan fingerprint density at radius 3 is 2.24 bits per heavy atom. The van der Waals surface area contributed by atoms with Gasteiger partial charge in [0.25, 0.3) is 5.91 Å². The van der Waals surface area contributed by atoms with Crippen molar-refractivity contribution < 1.29 is 41.1 Å². The minimum atomic E-state index is -4.25. The van der Waals surface area contributed by atoms with Crippen molar-refractivity contribution >= 4 is 40.9 Å². The number of hydrogen-bond donors (Lipinski definition) is 2. The average Bonchev–Trinajstić information content (AvgIpc) is 3.00. The zero-order valence-electron chi connectivity index (χ0n) is 27.9. The van der Waals surface area contributed by atoms with Crippen molar-refractivity contribution in [3.63, 3.8) is 0 Å². The first-order valence-corrected chi connectivity index (χ1v) is 16.4. The van der Waals surface area contributed by atoms with Gasteiger partial charge in [0.15, 0.2) is 11.6 Å². The highest BCUT2D eigenvalue weighted by molar-refractivity contribution is 6.31. The van der Waals surface area contributed by atoms with E-state index in [-0.39, 0.29) is 36.9 Å². The van der Waals surface area contributed by atoms with Crippen LogP contribution in [0.2, 0.25) is 5.02 Å². The summed E-state index contributed by atoms with van der Waals surface area (Å²) in [6, 6.07) is 6.77. The van der Waals surface area contributed by atoms with Gasteiger partial charge in [-0.3, -0.25) is 19.4 Å². The van der Waals surface area contributed by atoms with Crippen LogP contribution in [0.1, 0.15) is 50.0 Å². The SMILES string of the molecule is C[C@H]1CN(CC(=O)NCc2ccc(C(=O)Nc3ccc(Cl)cc3N3CCN(CCC(F)(F)F)CC3)c(F)c2F)CCN1C(=O)OC(C)(C)C. The number of hydrogen-bond acceptors (Lipinski definition) is 7. The molecule has 0 unspecified atom stereocenters. The lowest BCUT2D eigenvalue weighted by Crippen LogP contribution is -2.56. The summed E-state index contributed by atoms with van der Waals surface area (Å²) in [7, 11) is 0. The van der Waals surface area contributed by atoms with Crippen molar-refractivity contribution in [2.24, 2.45) is 0 Å². The molecule has 2 aliphatic heterocycles. The lowest BCUT2D eigenvalue weighted by atomic mass is 10.1. The van der Waals surface area contributed by atoms with Gasteiger partial charge in [0.2, 0.25) is 5.91 Å². The summed E-state index contributed by atoms with van der Waals surface area (Å²) in [5.74, 6) is -4.00. The van der Waals surface area contributed by atoms with Gasteiger partial charge >= 0.3 is 12.3 Å². The van der Waals surface area contributed by atoms with E-state index < -0.39 is 53.3 Å². The van der Waals surface area contributed by atoms with Crippen LogP contribution >= 0.6 is 11.6 Å². The van der Waals surface area contributed by atoms with Crippen LogP contribution in [-0.2, 0) is 16.1 Å². The van der Waals surface area contributed by atoms with Gasteiger partial charge in [0.05, 0.1) is 29.9 Å². The fraction of sp³-hybridized carbons (Fsp3) is 0.545. The minimum Gasteiger partial charge on any atom is -0.444 e. The number of anilines is 2. The highest BCUT2D eigenvalue weighted by Gasteiger charge is 2.32. The monoisotopic (exact) mass is 716 g/mol. The topological polar surface area (TPSA) is 97.5 Å². The zero-order valence-corrected chi connectivity index (χ0v) is 28.7. The predicted molar refractivity (Wildman–Crippen MR) is 176 cm³/mol. The largest absolute Gasteiger partial charge is 0.444 e. The maximum absolute atomic E-state index is 15.2. The third-order valence-electron chi connectivity index (χ3n) is 8.22. The second-order valence-electron chi connectivity index (χ2n) is 13.2. The number of amides is 3. The number of alkyl halides is 3. The molecule has 2 aliphatic rings. The Kier molecular flexibility index (Phi) is 12.4. The first-order chi connectivity index (χ1) is 22.9. The van der Waals surface area contributed by atoms with Crippen LogP contribution in [0, 0.1) is 11.6 Å². The fourth-order valence-corrected chi connectivity index (χ4v) is 5.85. The molecule has 270 valence electrons. The van der Waals surface area contributed by atoms with Crippen molar-refractivity contribution in [2.45, 2.75) is 58.5 Å². The van der Waals surface area contributed by atoms with Crippen molar-refractivity contribution in [1.29, 1.82) is 0 Å². The van der Waals surface area contributed by atoms with E-state index in [1.165, 1.54) is 18.2 Å². The molecule has 0 aromatic heterocycles. The highest BCUT2D eigenvalue weighted by atomic mass is 35.5. The summed E-state index contributed by atoms with van der Waals surface area (Å²) in [5.41, 5.74) is -0.563. The number of ether oxygens (including phenoxy) is 1. The smallest absolute Gasteiger partial charge is 0.410 e. The van der Waals surface area contributed by atoms with E-state index in [4.69, 9.17) is 16.3 Å². The number of carbonyl (C=O) groups is 3. The van der Waals surface area contributed by atoms with Crippen molar-refractivity contribution in [1.82, 2.24) is 20.0 Å². The van der Waals surface area contributed by atoms with E-state index in [1.54, 1.807) is 36.6 Å². The molecule has 0 aliphatic carbocycles. The zero-order chi connectivity index (χ0) is 36.1. The van der Waals surface area contributed by atoms with E-state index in [1.807, 2.05) is 16.7 Å². The maximum Gasteiger partial charge on any atom is 0.410 e. The Labute approximate surface area is 287 Å². The van der Waals surface area contributed by atoms with Crippen LogP contribution in [0.4, 0.5) is 38.1 Å². The first kappa shape index (κ1) is 38.1. The molecule has 16 heteroatoms. The molecule has 2 saturated heterocycles. The van der Waals surface area contributed by atoms with Gasteiger partial charge in [-0.1, -0.05) is 17.7 Å². The summed E-state index contributed by atoms with van der Waals surface area (Å²) in [5, 5.41) is 5.53. The Morgan fingerprint density at radius 1 is 0.939 bits per heavy atom. The standard InChI is InChI=1S/C33H42ClF5N6O4/c1-21-19-43(13-16-45(21)31(48)49-32(2,3)4)20-27(46)40-18-22-5-7-24(29(36)28(22)35)30(47)41-25-8-6-23(34)17-26(25)44-14-11-42(12-15-44)10-9-33(37,38)39/h5-8,17,21H,9-16,18-20H2,1-4H3,(H,40,46)(H,41,47)/t21-/m0/s1. The number of nitrogens with one attached hydrogen (secondary N) is 2. The first-order valence-electron chi connectivity index (χ1n) is 16.0. The van der Waals surface area contributed by atoms with E-state index in [2.05, 4.69) is 10.6 Å². The van der Waals surface area contributed by atoms with Crippen LogP contribution in [0.25, 0.3) is 0 Å². The normalized spacial score (nSPS) is 18.0. The van der Waals surface area contributed by atoms with Crippen LogP contribution in [0.3, 0.4) is 0 Å². The van der Waals surface area contributed by atoms with Crippen molar-refractivity contribution in [3.8, 4) is 0 Å². The summed E-state index contributed by atoms with van der Waals surface area (Å²) < 4.78 is 73.6. The van der Waals surface area contributed by atoms with Gasteiger partial charge in [-0.25, -0.2) is 13.6 Å². The number of halogens is 6. The van der Waals surface area contributed by atoms with E-state index in [9.17, 15) is 27.6 Å². The fourth-order valence-electron chi connectivity index (χ4n) is 5.68. The number of piperazine rings is 2. The summed E-state index contributed by atoms with van der Waals surface area (Å²) in [6.07, 6.45) is -5.58. The Morgan fingerprint density at radius 2 is 1.61 bits per heavy atom. The highest BCUT2D eigenvalue weighted by Crippen LogP contribution is 2.31. The minimum absolute atomic E-state index is 0.0108. The number of benzene rings is 2. The molecule has 10 nitrogen and oxygen atoms in total. The quantitative estimate of drug-likeness (QED) is 0.331. The van der Waals surface area contributed by atoms with E-state index in [0.29, 0.717) is 56.5 Å². The van der Waals surface area contributed by atoms with Gasteiger partial charge < -0.3 is 25.2 Å². The Hall–Kier alpha value is -3.69. The summed E-state index contributed by atoms with van der Waals surface area (Å²) in [6.45, 7) is 9.44. The van der Waals surface area contributed by atoms with E-state index in [0.717, 1.165) is 6.07 Å². The number of nitrogens with zero attached hydrogens (tertiary/aromatic N) is 4. The molecule has 2 aromatic rings. The van der Waals surface area contributed by atoms with Crippen LogP contribution < -0.4 is 15.5 Å². The number of rotatable bonds is 9. The second kappa shape index (κ2) is 15.9. The molecule has 2 aromatic carbocycles. The van der Waals surface area contributed by atoms with Gasteiger partial charge in [-0.05, 0) is 52.0 Å². The summed E-state index contributed by atoms with van der Waals surface area (Å²) >= 11 is 6.19. The molecule has 0 spiro atoms. The molecule has 49 heavy (non-hydrogen) atoms. The average molecular weight is 717 g/mol. The van der Waals surface area contributed by atoms with Gasteiger partial charge in [-0.2, -0.15) is 13.2 Å². The van der Waals surface area contributed by atoms with Crippen molar-refractivity contribution in [3.05, 3.63) is 58.1 Å². The van der Waals surface area contributed by atoms with Crippen LogP contribution in [-0.4, -0.2) is 109 Å². The predicted octanol–water partition coefficient (Wildman–Crippen LogP) is 5.50. The van der Waals surface area contributed by atoms with Gasteiger partial charge in [0.1, 0.15) is 5.60 Å². The molecule has 2 fully saturated rings. The van der Waals surface area contributed by atoms with Gasteiger partial charge in [0, 0.05) is 75.5 Å². The molecular weight excluding hydrogens is 675 g/mol. The Bertz CT molecular complexity index is 1510. The summed E-state index contributed by atoms with van der Waals surface area (Å²) in [4.78, 5) is 45.2. The van der Waals surface area contributed by atoms with Crippen LogP contribution in [0.5, 0.6) is 0 Å². The number of carbonyl (C=O) groups excluding carboxylic acids is 3. The maximum atomic E-state index is 15.2. The molecule has 0 radical (unpaired) electrons. The lowest BCUT2D eigenvalue weighted by molar-refractivity contribution is -0.138. The molecule has 3 amide bonds. The molecule has 2 N–H and O–H groups in total. The molecular formula is C33H42ClF5N6O4. The lowest BCUT2D eigenvalue weighted by Gasteiger charge is -2.39. The molecule has 2 heterocycles. The Balaban J connectivity index is 1.32. The third kappa shape index (κ3) is 10.9. The van der Waals surface area contributed by atoms with Crippen molar-refractivity contribution in [2.75, 3.05) is 69.1 Å². The molecule has 0 bridgehead atoms. The second-order valence-corrected chi connectivity index (χ2v) is 13.7. The molecule has 0 saturated carbocycles. The third-order valence-corrected chi connectivity index (χ3v) is 8.46. The van der Waals surface area contributed by atoms with Crippen LogP contribution in [0.15, 0.2) is 30.3 Å². The molecule has 4 rings (SSSR count). The van der Waals surface area contributed by atoms with Gasteiger partial charge in [-0.15, -0.1) is 0 Å². The molecule has 1 atom stereocenters. The van der Waals surface area contributed by atoms with E-state index >= 15 is 8.78 Å².